The molecule has 3 aromatic rings. The van der Waals surface area contributed by atoms with Gasteiger partial charge in [-0.2, -0.15) is 0 Å². The number of hydrogen-bond donors (Lipinski definition) is 1. The van der Waals surface area contributed by atoms with Gasteiger partial charge in [0.2, 0.25) is 0 Å². The number of nitrogens with one attached hydrogen (secondary N) is 1. The highest BCUT2D eigenvalue weighted by atomic mass is 19.1. The molecule has 1 aliphatic rings. The van der Waals surface area contributed by atoms with E-state index < -0.39 is 17.7 Å². The molecule has 0 unspecified atom stereocenters. The second kappa shape index (κ2) is 10.6. The van der Waals surface area contributed by atoms with Gasteiger partial charge in [-0.15, -0.1) is 5.10 Å². The molecule has 0 spiro atoms. The van der Waals surface area contributed by atoms with E-state index in [0.717, 1.165) is 42.5 Å². The van der Waals surface area contributed by atoms with Crippen molar-refractivity contribution in [2.24, 2.45) is 7.05 Å². The summed E-state index contributed by atoms with van der Waals surface area (Å²) in [6.45, 7) is 1.71. The molecule has 1 fully saturated rings. The minimum Gasteiger partial charge on any atom is -0.489 e. The number of aryl methyl sites for hydroxylation is 2. The summed E-state index contributed by atoms with van der Waals surface area (Å²) in [4.78, 5) is 16.8. The molecule has 1 saturated carbocycles. The van der Waals surface area contributed by atoms with Crippen LogP contribution in [0.4, 0.5) is 13.6 Å². The largest absolute Gasteiger partial charge is 0.489 e. The van der Waals surface area contributed by atoms with Crippen LogP contribution in [0.5, 0.6) is 5.75 Å². The topological polar surface area (TPSA) is 91.2 Å². The van der Waals surface area contributed by atoms with Crippen LogP contribution < -0.4 is 10.1 Å². The Labute approximate surface area is 196 Å². The fraction of sp³-hybridized carbons (Fsp3) is 0.417. The van der Waals surface area contributed by atoms with Crippen molar-refractivity contribution >= 4 is 6.09 Å². The minimum absolute atomic E-state index is 0.0796. The van der Waals surface area contributed by atoms with Crippen molar-refractivity contribution in [1.29, 1.82) is 0 Å². The second-order valence-electron chi connectivity index (χ2n) is 8.37. The molecule has 0 atom stereocenters. The van der Waals surface area contributed by atoms with Crippen LogP contribution in [-0.2, 0) is 24.9 Å². The smallest absolute Gasteiger partial charge is 0.407 e. The highest BCUT2D eigenvalue weighted by molar-refractivity contribution is 5.68. The lowest BCUT2D eigenvalue weighted by molar-refractivity contribution is 0.138. The molecule has 8 nitrogen and oxygen atoms in total. The molecule has 2 heterocycles. The van der Waals surface area contributed by atoms with Crippen molar-refractivity contribution in [3.8, 4) is 17.1 Å². The Morgan fingerprint density at radius 3 is 2.59 bits per heavy atom. The molecule has 0 bridgehead atoms. The number of alkyl carbamates (subject to hydrolysis) is 1. The summed E-state index contributed by atoms with van der Waals surface area (Å²) in [6.07, 6.45) is 5.25. The van der Waals surface area contributed by atoms with Crippen LogP contribution >= 0.6 is 0 Å². The summed E-state index contributed by atoms with van der Waals surface area (Å²) in [5, 5.41) is 10.9. The Morgan fingerprint density at radius 2 is 1.88 bits per heavy atom. The second-order valence-corrected chi connectivity index (χ2v) is 8.37. The first-order valence-electron chi connectivity index (χ1n) is 11.3. The van der Waals surface area contributed by atoms with Gasteiger partial charge < -0.3 is 14.8 Å². The monoisotopic (exact) mass is 471 g/mol. The van der Waals surface area contributed by atoms with E-state index in [9.17, 15) is 13.6 Å². The lowest BCUT2D eigenvalue weighted by Gasteiger charge is -2.23. The van der Waals surface area contributed by atoms with E-state index in [0.29, 0.717) is 17.1 Å². The Kier molecular flexibility index (Phi) is 7.34. The Morgan fingerprint density at radius 1 is 1.15 bits per heavy atom. The fourth-order valence-electron chi connectivity index (χ4n) is 3.99. The number of nitrogens with zero attached hydrogens (tertiary/aromatic N) is 4. The maximum Gasteiger partial charge on any atom is 0.407 e. The molecule has 0 radical (unpaired) electrons. The number of carbonyl (C=O) groups excluding carboxylic acids is 1. The maximum atomic E-state index is 13.3. The number of carbonyl (C=O) groups is 1. The van der Waals surface area contributed by atoms with Gasteiger partial charge in [0.25, 0.3) is 0 Å². The SMILES string of the molecule is Cc1nc(-c2nnn(C)c2CNC(=O)OCc2cc(F)cc(F)c2)ccc1OC1CCCCC1. The molecule has 4 rings (SSSR count). The van der Waals surface area contributed by atoms with E-state index in [1.807, 2.05) is 19.1 Å². The predicted octanol–water partition coefficient (Wildman–Crippen LogP) is 4.60. The first-order valence-corrected chi connectivity index (χ1v) is 11.3. The van der Waals surface area contributed by atoms with Gasteiger partial charge in [-0.05, 0) is 62.4 Å². The highest BCUT2D eigenvalue weighted by Gasteiger charge is 2.19. The Balaban J connectivity index is 1.38. The van der Waals surface area contributed by atoms with E-state index >= 15 is 0 Å². The van der Waals surface area contributed by atoms with Crippen LogP contribution in [0.3, 0.4) is 0 Å². The van der Waals surface area contributed by atoms with Gasteiger partial charge in [0.1, 0.15) is 29.7 Å². The first kappa shape index (κ1) is 23.6. The zero-order valence-corrected chi connectivity index (χ0v) is 19.2. The van der Waals surface area contributed by atoms with Crippen LogP contribution in [0.25, 0.3) is 11.4 Å². The molecule has 2 aromatic heterocycles. The molecule has 1 amide bonds. The lowest BCUT2D eigenvalue weighted by atomic mass is 9.98. The third kappa shape index (κ3) is 5.86. The molecule has 180 valence electrons. The van der Waals surface area contributed by atoms with Crippen molar-refractivity contribution in [2.45, 2.75) is 58.3 Å². The normalized spacial score (nSPS) is 14.1. The van der Waals surface area contributed by atoms with Crippen LogP contribution in [-0.4, -0.2) is 32.2 Å². The summed E-state index contributed by atoms with van der Waals surface area (Å²) in [7, 11) is 1.71. The average molecular weight is 472 g/mol. The number of aromatic nitrogens is 4. The van der Waals surface area contributed by atoms with Crippen molar-refractivity contribution in [3.05, 3.63) is 58.9 Å². The van der Waals surface area contributed by atoms with E-state index in [2.05, 4.69) is 20.6 Å². The number of halogens is 2. The van der Waals surface area contributed by atoms with Gasteiger partial charge in [0, 0.05) is 13.1 Å². The minimum atomic E-state index is -0.739. The molecule has 0 aliphatic heterocycles. The van der Waals surface area contributed by atoms with Gasteiger partial charge >= 0.3 is 6.09 Å². The summed E-state index contributed by atoms with van der Waals surface area (Å²) < 4.78 is 39.3. The Bertz CT molecular complexity index is 1140. The first-order chi connectivity index (χ1) is 16.4. The van der Waals surface area contributed by atoms with E-state index in [1.165, 1.54) is 19.3 Å². The summed E-state index contributed by atoms with van der Waals surface area (Å²) >= 11 is 0. The zero-order chi connectivity index (χ0) is 24.1. The summed E-state index contributed by atoms with van der Waals surface area (Å²) in [5.41, 5.74) is 2.74. The third-order valence-corrected chi connectivity index (χ3v) is 5.76. The lowest BCUT2D eigenvalue weighted by Crippen LogP contribution is -2.25. The van der Waals surface area contributed by atoms with Crippen LogP contribution in [0.1, 0.15) is 49.1 Å². The van der Waals surface area contributed by atoms with Gasteiger partial charge in [-0.25, -0.2) is 23.2 Å². The van der Waals surface area contributed by atoms with Crippen LogP contribution in [0, 0.1) is 18.6 Å². The fourth-order valence-corrected chi connectivity index (χ4v) is 3.99. The summed E-state index contributed by atoms with van der Waals surface area (Å²) in [5.74, 6) is -0.707. The molecule has 1 N–H and O–H groups in total. The van der Waals surface area contributed by atoms with Gasteiger partial charge in [0.05, 0.1) is 29.7 Å². The van der Waals surface area contributed by atoms with E-state index in [4.69, 9.17) is 9.47 Å². The molecule has 10 heteroatoms. The number of hydrogen-bond acceptors (Lipinski definition) is 6. The molecular formula is C24H27F2N5O3. The molecular weight excluding hydrogens is 444 g/mol. The number of rotatable bonds is 7. The quantitative estimate of drug-likeness (QED) is 0.542. The predicted molar refractivity (Wildman–Crippen MR) is 120 cm³/mol. The van der Waals surface area contributed by atoms with Crippen LogP contribution in [0.15, 0.2) is 30.3 Å². The molecule has 34 heavy (non-hydrogen) atoms. The van der Waals surface area contributed by atoms with Crippen LogP contribution in [0.2, 0.25) is 0 Å². The van der Waals surface area contributed by atoms with Crippen molar-refractivity contribution in [2.75, 3.05) is 0 Å². The van der Waals surface area contributed by atoms with Crippen molar-refractivity contribution in [3.63, 3.8) is 0 Å². The van der Waals surface area contributed by atoms with E-state index in [-0.39, 0.29) is 24.8 Å². The van der Waals surface area contributed by atoms with Crippen molar-refractivity contribution < 1.29 is 23.0 Å². The molecule has 0 saturated heterocycles. The maximum absolute atomic E-state index is 13.3. The van der Waals surface area contributed by atoms with E-state index in [1.54, 1.807) is 11.7 Å². The van der Waals surface area contributed by atoms with Gasteiger partial charge in [-0.3, -0.25) is 0 Å². The van der Waals surface area contributed by atoms with Gasteiger partial charge in [0.15, 0.2) is 0 Å². The Hall–Kier alpha value is -3.56. The highest BCUT2D eigenvalue weighted by Crippen LogP contribution is 2.28. The van der Waals surface area contributed by atoms with Crippen molar-refractivity contribution in [1.82, 2.24) is 25.3 Å². The number of pyridine rings is 1. The van der Waals surface area contributed by atoms with Gasteiger partial charge in [-0.1, -0.05) is 11.6 Å². The number of benzene rings is 1. The third-order valence-electron chi connectivity index (χ3n) is 5.76. The standard InChI is InChI=1S/C24H27F2N5O3/c1-15-22(34-19-6-4-3-5-7-19)9-8-20(28-15)23-21(31(2)30-29-23)13-27-24(32)33-14-16-10-17(25)12-18(26)11-16/h8-12,19H,3-7,13-14H2,1-2H3,(H,27,32). The number of amides is 1. The average Bonchev–Trinajstić information content (AvgIpc) is 3.18. The molecule has 1 aliphatic carbocycles. The summed E-state index contributed by atoms with van der Waals surface area (Å²) in [6, 6.07) is 6.69. The zero-order valence-electron chi connectivity index (χ0n) is 19.2. The number of ether oxygens (including phenoxy) is 2. The molecule has 1 aromatic carbocycles.